The summed E-state index contributed by atoms with van der Waals surface area (Å²) < 4.78 is 26.6. The fourth-order valence-corrected chi connectivity index (χ4v) is 6.10. The summed E-state index contributed by atoms with van der Waals surface area (Å²) in [7, 11) is 0. The van der Waals surface area contributed by atoms with Crippen molar-refractivity contribution in [2.75, 3.05) is 26.3 Å². The Kier molecular flexibility index (Phi) is 6.65. The van der Waals surface area contributed by atoms with Crippen molar-refractivity contribution in [1.29, 1.82) is 0 Å². The van der Waals surface area contributed by atoms with Gasteiger partial charge in [-0.3, -0.25) is 9.59 Å². The summed E-state index contributed by atoms with van der Waals surface area (Å²) in [5.74, 6) is -1.15. The van der Waals surface area contributed by atoms with Crippen molar-refractivity contribution in [2.24, 2.45) is 11.8 Å². The van der Waals surface area contributed by atoms with Crippen LogP contribution in [-0.4, -0.2) is 69.4 Å². The van der Waals surface area contributed by atoms with Gasteiger partial charge in [-0.2, -0.15) is 0 Å². The molecule has 2 unspecified atom stereocenters. The van der Waals surface area contributed by atoms with Crippen molar-refractivity contribution >= 4 is 22.8 Å². The molecule has 10 nitrogen and oxygen atoms in total. The zero-order valence-electron chi connectivity index (χ0n) is 21.3. The van der Waals surface area contributed by atoms with Gasteiger partial charge in [0.1, 0.15) is 23.2 Å². The number of amides is 2. The van der Waals surface area contributed by atoms with E-state index in [1.165, 1.54) is 6.26 Å². The van der Waals surface area contributed by atoms with Gasteiger partial charge in [-0.05, 0) is 36.8 Å². The quantitative estimate of drug-likeness (QED) is 0.432. The van der Waals surface area contributed by atoms with Gasteiger partial charge in [-0.15, -0.1) is 0 Å². The maximum absolute atomic E-state index is 15.9. The molecule has 2 aromatic heterocycles. The lowest BCUT2D eigenvalue weighted by atomic mass is 9.86. The highest BCUT2D eigenvalue weighted by atomic mass is 19.1. The molecule has 3 atom stereocenters. The van der Waals surface area contributed by atoms with Gasteiger partial charge in [0.2, 0.25) is 5.91 Å². The van der Waals surface area contributed by atoms with Crippen LogP contribution in [-0.2, 0) is 16.0 Å². The van der Waals surface area contributed by atoms with Crippen LogP contribution in [0.5, 0.6) is 0 Å². The van der Waals surface area contributed by atoms with Crippen molar-refractivity contribution < 1.29 is 28.3 Å². The van der Waals surface area contributed by atoms with Crippen LogP contribution in [0, 0.1) is 17.7 Å². The molecule has 1 aromatic carbocycles. The predicted molar refractivity (Wildman–Crippen MR) is 134 cm³/mol. The highest BCUT2D eigenvalue weighted by molar-refractivity contribution is 5.95. The number of aromatic amines is 1. The molecular formula is C27H32FN5O5. The Balaban J connectivity index is 1.29. The molecule has 0 spiro atoms. The molecule has 3 N–H and O–H groups in total. The highest BCUT2D eigenvalue weighted by Crippen LogP contribution is 2.39. The van der Waals surface area contributed by atoms with Crippen molar-refractivity contribution in [1.82, 2.24) is 25.3 Å². The third-order valence-electron chi connectivity index (χ3n) is 8.29. The minimum Gasteiger partial charge on any atom is -0.389 e. The number of likely N-dealkylation sites (tertiary alicyclic amines) is 1. The van der Waals surface area contributed by atoms with Crippen molar-refractivity contribution in [3.05, 3.63) is 46.9 Å². The number of carbonyl (C=O) groups is 2. The number of benzene rings is 1. The lowest BCUT2D eigenvalue weighted by molar-refractivity contribution is -0.146. The van der Waals surface area contributed by atoms with E-state index in [-0.39, 0.29) is 36.5 Å². The van der Waals surface area contributed by atoms with E-state index >= 15 is 4.39 Å². The van der Waals surface area contributed by atoms with Crippen molar-refractivity contribution in [3.8, 4) is 0 Å². The first-order valence-electron chi connectivity index (χ1n) is 13.4. The molecule has 3 fully saturated rings. The number of aryl methyl sites for hydroxylation is 1. The Labute approximate surface area is 218 Å². The average Bonchev–Trinajstić information content (AvgIpc) is 3.71. The molecule has 6 rings (SSSR count). The molecule has 2 amide bonds. The number of nitrogens with one attached hydrogen (secondary N) is 2. The van der Waals surface area contributed by atoms with Gasteiger partial charge in [-0.25, -0.2) is 9.37 Å². The summed E-state index contributed by atoms with van der Waals surface area (Å²) in [6.45, 7) is 2.97. The van der Waals surface area contributed by atoms with E-state index in [1.54, 1.807) is 17.0 Å². The van der Waals surface area contributed by atoms with Crippen LogP contribution in [0.3, 0.4) is 0 Å². The third kappa shape index (κ3) is 4.37. The molecule has 0 radical (unpaired) electrons. The summed E-state index contributed by atoms with van der Waals surface area (Å²) in [4.78, 5) is 35.6. The number of ether oxygens (including phenoxy) is 1. The first-order valence-corrected chi connectivity index (χ1v) is 13.4. The van der Waals surface area contributed by atoms with Crippen LogP contribution >= 0.6 is 0 Å². The number of aliphatic hydroxyl groups is 1. The second-order valence-corrected chi connectivity index (χ2v) is 10.7. The Hall–Kier alpha value is -3.31. The van der Waals surface area contributed by atoms with Crippen LogP contribution in [0.25, 0.3) is 11.0 Å². The number of fused-ring (bicyclic) bond motifs is 1. The van der Waals surface area contributed by atoms with Gasteiger partial charge in [0.25, 0.3) is 5.91 Å². The van der Waals surface area contributed by atoms with E-state index in [9.17, 15) is 14.7 Å². The van der Waals surface area contributed by atoms with Gasteiger partial charge >= 0.3 is 0 Å². The fourth-order valence-electron chi connectivity index (χ4n) is 6.10. The Morgan fingerprint density at radius 1 is 1.26 bits per heavy atom. The number of hydrogen-bond donors (Lipinski definition) is 3. The van der Waals surface area contributed by atoms with E-state index in [0.717, 1.165) is 25.7 Å². The van der Waals surface area contributed by atoms with Crippen LogP contribution in [0.2, 0.25) is 0 Å². The number of aromatic nitrogens is 3. The summed E-state index contributed by atoms with van der Waals surface area (Å²) in [5, 5.41) is 16.6. The van der Waals surface area contributed by atoms with E-state index in [2.05, 4.69) is 20.4 Å². The standard InChI is InChI=1S/C27H32FN5O5/c1-2-20-19(13-38-32-20)26(35)31-23(14-5-3-4-6-14)25-29-21-8-7-16(22(28)24(21)30-25)17-11-37-12-18(17)27(36)33-9-15(34)10-33/h7-8,13-15,17-18,23,34H,2-6,9-12H2,1H3,(H,29,30)(H,31,35)/t17?,18?,23-/m0/s1. The van der Waals surface area contributed by atoms with Gasteiger partial charge in [-0.1, -0.05) is 31.0 Å². The number of hydrogen-bond acceptors (Lipinski definition) is 7. The first kappa shape index (κ1) is 25.0. The van der Waals surface area contributed by atoms with Crippen LogP contribution < -0.4 is 5.32 Å². The normalized spacial score (nSPS) is 23.2. The average molecular weight is 526 g/mol. The third-order valence-corrected chi connectivity index (χ3v) is 8.29. The number of halogens is 1. The second-order valence-electron chi connectivity index (χ2n) is 10.7. The summed E-state index contributed by atoms with van der Waals surface area (Å²) in [6.07, 6.45) is 5.43. The summed E-state index contributed by atoms with van der Waals surface area (Å²) >= 11 is 0. The lowest BCUT2D eigenvalue weighted by Gasteiger charge is -2.38. The zero-order chi connectivity index (χ0) is 26.4. The number of carbonyl (C=O) groups excluding carboxylic acids is 2. The SMILES string of the molecule is CCc1nocc1C(=O)N[C@H](c1nc2c(F)c(C3COCC3C(=O)N3CC(O)C3)ccc2[nH]1)C1CCCC1. The predicted octanol–water partition coefficient (Wildman–Crippen LogP) is 2.85. The zero-order valence-corrected chi connectivity index (χ0v) is 21.3. The van der Waals surface area contributed by atoms with E-state index < -0.39 is 29.8 Å². The molecule has 2 aliphatic heterocycles. The molecular weight excluding hydrogens is 493 g/mol. The summed E-state index contributed by atoms with van der Waals surface area (Å²) in [5.41, 5.74) is 2.10. The molecule has 3 aromatic rings. The van der Waals surface area contributed by atoms with E-state index in [0.29, 0.717) is 47.7 Å². The fraction of sp³-hybridized carbons (Fsp3) is 0.556. The number of imidazole rings is 1. The maximum Gasteiger partial charge on any atom is 0.257 e. The molecule has 1 saturated carbocycles. The molecule has 202 valence electrons. The Morgan fingerprint density at radius 2 is 2.05 bits per heavy atom. The van der Waals surface area contributed by atoms with Gasteiger partial charge in [0.15, 0.2) is 5.82 Å². The molecule has 38 heavy (non-hydrogen) atoms. The number of aliphatic hydroxyl groups excluding tert-OH is 1. The van der Waals surface area contributed by atoms with Crippen LogP contribution in [0.1, 0.15) is 72.0 Å². The molecule has 2 saturated heterocycles. The lowest BCUT2D eigenvalue weighted by Crippen LogP contribution is -2.55. The van der Waals surface area contributed by atoms with Crippen LogP contribution in [0.4, 0.5) is 4.39 Å². The van der Waals surface area contributed by atoms with E-state index in [1.807, 2.05) is 6.92 Å². The number of nitrogens with zero attached hydrogens (tertiary/aromatic N) is 3. The molecule has 11 heteroatoms. The summed E-state index contributed by atoms with van der Waals surface area (Å²) in [6, 6.07) is 3.06. The first-order chi connectivity index (χ1) is 18.4. The molecule has 1 aliphatic carbocycles. The van der Waals surface area contributed by atoms with Crippen molar-refractivity contribution in [3.63, 3.8) is 0 Å². The second kappa shape index (κ2) is 10.1. The van der Waals surface area contributed by atoms with Gasteiger partial charge in [0.05, 0.1) is 42.5 Å². The minimum absolute atomic E-state index is 0.121. The molecule has 4 heterocycles. The number of H-pyrrole nitrogens is 1. The van der Waals surface area contributed by atoms with Gasteiger partial charge < -0.3 is 29.6 Å². The minimum atomic E-state index is -0.505. The Bertz CT molecular complexity index is 1340. The van der Waals surface area contributed by atoms with Crippen LogP contribution in [0.15, 0.2) is 22.9 Å². The Morgan fingerprint density at radius 3 is 2.79 bits per heavy atom. The number of β-amino-alcohol motifs (C(OH)–C–C–N with tert-alkyl or cyclic N) is 1. The maximum atomic E-state index is 15.9. The van der Waals surface area contributed by atoms with Crippen molar-refractivity contribution in [2.45, 2.75) is 57.1 Å². The van der Waals surface area contributed by atoms with E-state index in [4.69, 9.17) is 9.26 Å². The smallest absolute Gasteiger partial charge is 0.257 e. The highest BCUT2D eigenvalue weighted by Gasteiger charge is 2.42. The molecule has 0 bridgehead atoms. The monoisotopic (exact) mass is 525 g/mol. The van der Waals surface area contributed by atoms with Gasteiger partial charge in [0, 0.05) is 19.0 Å². The topological polar surface area (TPSA) is 134 Å². The number of rotatable bonds is 7. The molecule has 3 aliphatic rings. The largest absolute Gasteiger partial charge is 0.389 e.